The number of hydrogen-bond donors (Lipinski definition) is 1. The van der Waals surface area contributed by atoms with Gasteiger partial charge in [0.15, 0.2) is 0 Å². The van der Waals surface area contributed by atoms with Gasteiger partial charge >= 0.3 is 0 Å². The summed E-state index contributed by atoms with van der Waals surface area (Å²) < 4.78 is 0. The zero-order valence-corrected chi connectivity index (χ0v) is 9.50. The van der Waals surface area contributed by atoms with Crippen LogP contribution in [-0.2, 0) is 4.79 Å². The molecule has 0 aromatic heterocycles. The molecule has 2 rings (SSSR count). The molecular weight excluding hydrogens is 200 g/mol. The molecule has 3 nitrogen and oxygen atoms in total. The molecule has 1 N–H and O–H groups in total. The molecule has 82 valence electrons. The second kappa shape index (κ2) is 3.64. The predicted octanol–water partition coefficient (Wildman–Crippen LogP) is 2.55. The van der Waals surface area contributed by atoms with Crippen molar-refractivity contribution in [1.82, 2.24) is 0 Å². The minimum Gasteiger partial charge on any atom is -0.324 e. The molecule has 0 aliphatic heterocycles. The van der Waals surface area contributed by atoms with E-state index in [0.29, 0.717) is 12.8 Å². The van der Waals surface area contributed by atoms with Crippen molar-refractivity contribution in [2.75, 3.05) is 5.32 Å². The van der Waals surface area contributed by atoms with E-state index < -0.39 is 5.41 Å². The van der Waals surface area contributed by atoms with E-state index in [1.54, 1.807) is 0 Å². The van der Waals surface area contributed by atoms with Gasteiger partial charge in [0.2, 0.25) is 5.91 Å². The van der Waals surface area contributed by atoms with Crippen LogP contribution in [-0.4, -0.2) is 5.91 Å². The molecular formula is C13H14N2O. The monoisotopic (exact) mass is 214 g/mol. The molecule has 0 spiro atoms. The molecule has 1 aromatic carbocycles. The molecule has 1 aliphatic carbocycles. The first-order chi connectivity index (χ1) is 7.59. The summed E-state index contributed by atoms with van der Waals surface area (Å²) in [6.07, 6.45) is 1.36. The quantitative estimate of drug-likeness (QED) is 0.822. The van der Waals surface area contributed by atoms with Crippen LogP contribution in [0.2, 0.25) is 0 Å². The molecule has 0 atom stereocenters. The minimum absolute atomic E-state index is 0.163. The molecule has 0 bridgehead atoms. The second-order valence-electron chi connectivity index (χ2n) is 4.40. The number of hydrogen-bond acceptors (Lipinski definition) is 2. The summed E-state index contributed by atoms with van der Waals surface area (Å²) >= 11 is 0. The molecule has 1 aromatic rings. The Morgan fingerprint density at radius 2 is 2.12 bits per heavy atom. The van der Waals surface area contributed by atoms with E-state index in [2.05, 4.69) is 11.4 Å². The summed E-state index contributed by atoms with van der Waals surface area (Å²) in [6.45, 7) is 3.97. The lowest BCUT2D eigenvalue weighted by atomic mass is 10.1. The van der Waals surface area contributed by atoms with Crippen molar-refractivity contribution >= 4 is 11.6 Å². The van der Waals surface area contributed by atoms with E-state index in [1.165, 1.54) is 0 Å². The Morgan fingerprint density at radius 1 is 1.44 bits per heavy atom. The van der Waals surface area contributed by atoms with Gasteiger partial charge in [-0.25, -0.2) is 0 Å². The smallest absolute Gasteiger partial charge is 0.244 e. The molecule has 1 fully saturated rings. The lowest BCUT2D eigenvalue weighted by Gasteiger charge is -2.12. The first-order valence-electron chi connectivity index (χ1n) is 5.38. The SMILES string of the molecule is Cc1cccc(NC(=O)C2(C#N)CC2)c1C. The van der Waals surface area contributed by atoms with Crippen LogP contribution in [0.15, 0.2) is 18.2 Å². The van der Waals surface area contributed by atoms with E-state index in [1.807, 2.05) is 32.0 Å². The van der Waals surface area contributed by atoms with E-state index in [0.717, 1.165) is 16.8 Å². The number of anilines is 1. The van der Waals surface area contributed by atoms with Crippen LogP contribution in [0.1, 0.15) is 24.0 Å². The number of nitrogens with one attached hydrogen (secondary N) is 1. The van der Waals surface area contributed by atoms with Gasteiger partial charge in [-0.1, -0.05) is 12.1 Å². The molecule has 1 saturated carbocycles. The lowest BCUT2D eigenvalue weighted by Crippen LogP contribution is -2.23. The van der Waals surface area contributed by atoms with Crippen LogP contribution in [0.5, 0.6) is 0 Å². The number of carbonyl (C=O) groups excluding carboxylic acids is 1. The van der Waals surface area contributed by atoms with Crippen LogP contribution in [0.3, 0.4) is 0 Å². The maximum absolute atomic E-state index is 11.9. The van der Waals surface area contributed by atoms with Crippen molar-refractivity contribution in [3.8, 4) is 6.07 Å². The van der Waals surface area contributed by atoms with Crippen LogP contribution >= 0.6 is 0 Å². The van der Waals surface area contributed by atoms with Gasteiger partial charge in [0.25, 0.3) is 0 Å². The number of amides is 1. The van der Waals surface area contributed by atoms with Gasteiger partial charge in [-0.2, -0.15) is 5.26 Å². The van der Waals surface area contributed by atoms with Crippen molar-refractivity contribution in [2.24, 2.45) is 5.41 Å². The first-order valence-corrected chi connectivity index (χ1v) is 5.38. The molecule has 16 heavy (non-hydrogen) atoms. The topological polar surface area (TPSA) is 52.9 Å². The number of benzene rings is 1. The Balaban J connectivity index is 2.20. The zero-order valence-electron chi connectivity index (χ0n) is 9.50. The Hall–Kier alpha value is -1.82. The van der Waals surface area contributed by atoms with Crippen LogP contribution in [0.4, 0.5) is 5.69 Å². The van der Waals surface area contributed by atoms with Gasteiger partial charge < -0.3 is 5.32 Å². The van der Waals surface area contributed by atoms with Crippen molar-refractivity contribution in [3.63, 3.8) is 0 Å². The highest BCUT2D eigenvalue weighted by Gasteiger charge is 2.50. The number of aryl methyl sites for hydroxylation is 1. The summed E-state index contributed by atoms with van der Waals surface area (Å²) in [7, 11) is 0. The maximum atomic E-state index is 11.9. The summed E-state index contributed by atoms with van der Waals surface area (Å²) in [6, 6.07) is 7.87. The highest BCUT2D eigenvalue weighted by atomic mass is 16.2. The Morgan fingerprint density at radius 3 is 2.69 bits per heavy atom. The van der Waals surface area contributed by atoms with E-state index in [4.69, 9.17) is 5.26 Å². The molecule has 1 aliphatic rings. The maximum Gasteiger partial charge on any atom is 0.244 e. The first kappa shape index (κ1) is 10.7. The largest absolute Gasteiger partial charge is 0.324 e. The predicted molar refractivity (Wildman–Crippen MR) is 61.8 cm³/mol. The van der Waals surface area contributed by atoms with Gasteiger partial charge in [-0.3, -0.25) is 4.79 Å². The van der Waals surface area contributed by atoms with Gasteiger partial charge in [0, 0.05) is 5.69 Å². The van der Waals surface area contributed by atoms with Crippen LogP contribution in [0, 0.1) is 30.6 Å². The highest BCUT2D eigenvalue weighted by Crippen LogP contribution is 2.45. The fraction of sp³-hybridized carbons (Fsp3) is 0.385. The third-order valence-electron chi connectivity index (χ3n) is 3.25. The zero-order chi connectivity index (χ0) is 11.8. The Labute approximate surface area is 95.1 Å². The molecule has 0 heterocycles. The number of rotatable bonds is 2. The van der Waals surface area contributed by atoms with Crippen molar-refractivity contribution in [1.29, 1.82) is 5.26 Å². The van der Waals surface area contributed by atoms with Crippen molar-refractivity contribution in [3.05, 3.63) is 29.3 Å². The summed E-state index contributed by atoms with van der Waals surface area (Å²) in [5, 5.41) is 11.8. The van der Waals surface area contributed by atoms with Gasteiger partial charge in [-0.15, -0.1) is 0 Å². The standard InChI is InChI=1S/C13H14N2O/c1-9-4-3-5-11(10(9)2)15-12(16)13(8-14)6-7-13/h3-5H,6-7H2,1-2H3,(H,15,16). The van der Waals surface area contributed by atoms with Crippen molar-refractivity contribution in [2.45, 2.75) is 26.7 Å². The number of nitrogens with zero attached hydrogens (tertiary/aromatic N) is 1. The van der Waals surface area contributed by atoms with Crippen LogP contribution < -0.4 is 5.32 Å². The third kappa shape index (κ3) is 1.67. The second-order valence-corrected chi connectivity index (χ2v) is 4.40. The fourth-order valence-corrected chi connectivity index (χ4v) is 1.64. The van der Waals surface area contributed by atoms with E-state index >= 15 is 0 Å². The van der Waals surface area contributed by atoms with Gasteiger partial charge in [0.1, 0.15) is 5.41 Å². The summed E-state index contributed by atoms with van der Waals surface area (Å²) in [5.74, 6) is -0.163. The van der Waals surface area contributed by atoms with E-state index in [-0.39, 0.29) is 5.91 Å². The normalized spacial score (nSPS) is 16.3. The highest BCUT2D eigenvalue weighted by molar-refractivity contribution is 5.99. The average molecular weight is 214 g/mol. The van der Waals surface area contributed by atoms with Crippen LogP contribution in [0.25, 0.3) is 0 Å². The fourth-order valence-electron chi connectivity index (χ4n) is 1.64. The number of carbonyl (C=O) groups is 1. The summed E-state index contributed by atoms with van der Waals surface area (Å²) in [5.41, 5.74) is 2.26. The molecule has 0 saturated heterocycles. The Kier molecular flexibility index (Phi) is 2.43. The third-order valence-corrected chi connectivity index (χ3v) is 3.25. The number of nitriles is 1. The lowest BCUT2D eigenvalue weighted by molar-refractivity contribution is -0.119. The van der Waals surface area contributed by atoms with Gasteiger partial charge in [-0.05, 0) is 43.9 Å². The molecule has 0 radical (unpaired) electrons. The average Bonchev–Trinajstić information content (AvgIpc) is 3.05. The minimum atomic E-state index is -0.754. The van der Waals surface area contributed by atoms with Gasteiger partial charge in [0.05, 0.1) is 6.07 Å². The Bertz CT molecular complexity index is 481. The summed E-state index contributed by atoms with van der Waals surface area (Å²) in [4.78, 5) is 11.9. The molecule has 0 unspecified atom stereocenters. The molecule has 3 heteroatoms. The molecule has 1 amide bonds. The van der Waals surface area contributed by atoms with E-state index in [9.17, 15) is 4.79 Å². The van der Waals surface area contributed by atoms with Crippen molar-refractivity contribution < 1.29 is 4.79 Å².